The molecule has 0 spiro atoms. The lowest BCUT2D eigenvalue weighted by Crippen LogP contribution is -2.52. The number of carboxylic acid groups (broad SMARTS) is 1. The molecule has 1 aromatic carbocycles. The lowest BCUT2D eigenvalue weighted by molar-refractivity contribution is -0.146. The Morgan fingerprint density at radius 2 is 2.20 bits per heavy atom. The smallest absolute Gasteiger partial charge is 0.329 e. The Balaban J connectivity index is 2.20. The first-order valence-corrected chi connectivity index (χ1v) is 7.29. The van der Waals surface area contributed by atoms with Crippen LogP contribution in [0.25, 0.3) is 0 Å². The Hall–Kier alpha value is -1.27. The molecule has 5 nitrogen and oxygen atoms in total. The van der Waals surface area contributed by atoms with E-state index in [-0.39, 0.29) is 0 Å². The molecule has 2 N–H and O–H groups in total. The number of carbonyl (C=O) groups is 2. The number of carbonyl (C=O) groups excluding carboxylic acids is 1. The summed E-state index contributed by atoms with van der Waals surface area (Å²) in [5, 5.41) is 12.4. The number of amides is 2. The van der Waals surface area contributed by atoms with Gasteiger partial charge in [0.1, 0.15) is 5.54 Å². The lowest BCUT2D eigenvalue weighted by atomic mass is 10.00. The zero-order valence-electron chi connectivity index (χ0n) is 10.8. The van der Waals surface area contributed by atoms with E-state index in [0.29, 0.717) is 30.1 Å². The third-order valence-electron chi connectivity index (χ3n) is 3.52. The zero-order valence-corrected chi connectivity index (χ0v) is 13.2. The predicted octanol–water partition coefficient (Wildman–Crippen LogP) is 3.57. The van der Waals surface area contributed by atoms with Crippen LogP contribution in [0.5, 0.6) is 0 Å². The lowest BCUT2D eigenvalue weighted by Gasteiger charge is -2.31. The second-order valence-electron chi connectivity index (χ2n) is 4.89. The van der Waals surface area contributed by atoms with Crippen molar-refractivity contribution >= 4 is 45.2 Å². The minimum Gasteiger partial charge on any atom is -0.480 e. The van der Waals surface area contributed by atoms with E-state index in [4.69, 9.17) is 11.6 Å². The van der Waals surface area contributed by atoms with Gasteiger partial charge in [0.15, 0.2) is 0 Å². The number of aliphatic carboxylic acids is 1. The quantitative estimate of drug-likeness (QED) is 0.846. The number of anilines is 1. The molecule has 1 atom stereocenters. The van der Waals surface area contributed by atoms with Crippen LogP contribution in [0, 0.1) is 0 Å². The highest BCUT2D eigenvalue weighted by molar-refractivity contribution is 9.10. The Morgan fingerprint density at radius 1 is 1.50 bits per heavy atom. The minimum atomic E-state index is -1.16. The first-order valence-electron chi connectivity index (χ1n) is 6.11. The molecule has 1 heterocycles. The van der Waals surface area contributed by atoms with Crippen molar-refractivity contribution in [3.63, 3.8) is 0 Å². The number of urea groups is 1. The summed E-state index contributed by atoms with van der Waals surface area (Å²) in [6.07, 6.45) is 1.12. The van der Waals surface area contributed by atoms with E-state index < -0.39 is 17.5 Å². The van der Waals surface area contributed by atoms with Crippen molar-refractivity contribution in [2.45, 2.75) is 25.3 Å². The second-order valence-corrected chi connectivity index (χ2v) is 6.21. The Bertz CT molecular complexity index is 567. The van der Waals surface area contributed by atoms with Gasteiger partial charge in [-0.2, -0.15) is 0 Å². The molecule has 1 aliphatic heterocycles. The van der Waals surface area contributed by atoms with Crippen LogP contribution in [0.15, 0.2) is 22.7 Å². The van der Waals surface area contributed by atoms with Crippen molar-refractivity contribution in [3.8, 4) is 0 Å². The first kappa shape index (κ1) is 15.1. The van der Waals surface area contributed by atoms with E-state index in [0.717, 1.165) is 4.47 Å². The normalized spacial score (nSPS) is 21.9. The number of nitrogens with zero attached hydrogens (tertiary/aromatic N) is 1. The monoisotopic (exact) mass is 360 g/mol. The molecule has 20 heavy (non-hydrogen) atoms. The summed E-state index contributed by atoms with van der Waals surface area (Å²) in [6, 6.07) is 4.64. The van der Waals surface area contributed by atoms with Crippen molar-refractivity contribution < 1.29 is 14.7 Å². The van der Waals surface area contributed by atoms with Crippen molar-refractivity contribution in [3.05, 3.63) is 27.7 Å². The van der Waals surface area contributed by atoms with Crippen LogP contribution in [0.3, 0.4) is 0 Å². The van der Waals surface area contributed by atoms with Crippen LogP contribution in [0.4, 0.5) is 10.5 Å². The third kappa shape index (κ3) is 2.76. The molecule has 0 bridgehead atoms. The molecule has 1 aromatic rings. The number of hydrogen-bond donors (Lipinski definition) is 2. The molecule has 0 aliphatic carbocycles. The van der Waals surface area contributed by atoms with Gasteiger partial charge in [0.05, 0.1) is 10.7 Å². The fourth-order valence-corrected chi connectivity index (χ4v) is 2.81. The number of halogens is 2. The maximum Gasteiger partial charge on any atom is 0.329 e. The topological polar surface area (TPSA) is 69.6 Å². The largest absolute Gasteiger partial charge is 0.480 e. The van der Waals surface area contributed by atoms with Gasteiger partial charge < -0.3 is 15.3 Å². The van der Waals surface area contributed by atoms with E-state index >= 15 is 0 Å². The molecule has 0 aromatic heterocycles. The number of hydrogen-bond acceptors (Lipinski definition) is 2. The molecule has 1 aliphatic rings. The van der Waals surface area contributed by atoms with Crippen LogP contribution in [0.1, 0.15) is 19.8 Å². The third-order valence-corrected chi connectivity index (χ3v) is 4.34. The average molecular weight is 362 g/mol. The Morgan fingerprint density at radius 3 is 2.85 bits per heavy atom. The highest BCUT2D eigenvalue weighted by atomic mass is 79.9. The Kier molecular flexibility index (Phi) is 4.25. The maximum absolute atomic E-state index is 12.3. The van der Waals surface area contributed by atoms with Gasteiger partial charge in [0.2, 0.25) is 0 Å². The summed E-state index contributed by atoms with van der Waals surface area (Å²) in [7, 11) is 0. The van der Waals surface area contributed by atoms with E-state index in [2.05, 4.69) is 21.2 Å². The average Bonchev–Trinajstić information content (AvgIpc) is 2.77. The number of carboxylic acids is 1. The van der Waals surface area contributed by atoms with Gasteiger partial charge in [-0.05, 0) is 38.0 Å². The first-order chi connectivity index (χ1) is 9.34. The summed E-state index contributed by atoms with van der Waals surface area (Å²) in [5.41, 5.74) is -0.714. The van der Waals surface area contributed by atoms with E-state index in [1.807, 2.05) is 0 Å². The molecule has 1 unspecified atom stereocenters. The molecule has 1 saturated heterocycles. The van der Waals surface area contributed by atoms with Crippen LogP contribution >= 0.6 is 27.5 Å². The van der Waals surface area contributed by atoms with Crippen molar-refractivity contribution in [1.29, 1.82) is 0 Å². The summed E-state index contributed by atoms with van der Waals surface area (Å²) in [5.74, 6) is -0.995. The van der Waals surface area contributed by atoms with Crippen LogP contribution in [-0.2, 0) is 4.79 Å². The van der Waals surface area contributed by atoms with E-state index in [1.165, 1.54) is 4.90 Å². The summed E-state index contributed by atoms with van der Waals surface area (Å²) in [4.78, 5) is 25.0. The van der Waals surface area contributed by atoms with Crippen LogP contribution in [-0.4, -0.2) is 34.1 Å². The van der Waals surface area contributed by atoms with Crippen molar-refractivity contribution in [2.75, 3.05) is 11.9 Å². The zero-order chi connectivity index (χ0) is 14.9. The minimum absolute atomic E-state index is 0.401. The molecule has 1 fully saturated rings. The number of benzene rings is 1. The molecule has 0 radical (unpaired) electrons. The van der Waals surface area contributed by atoms with E-state index in [9.17, 15) is 14.7 Å². The molecule has 0 saturated carbocycles. The fourth-order valence-electron chi connectivity index (χ4n) is 2.29. The molecule has 108 valence electrons. The Labute approximate surface area is 130 Å². The second kappa shape index (κ2) is 5.61. The van der Waals surface area contributed by atoms with Gasteiger partial charge in [-0.25, -0.2) is 9.59 Å². The standard InChI is InChI=1S/C13H14BrClN2O3/c1-13(11(18)19)5-2-6-17(13)12(20)16-10-7-8(14)3-4-9(10)15/h3-4,7H,2,5-6H2,1H3,(H,16,20)(H,18,19). The number of rotatable bonds is 2. The van der Waals surface area contributed by atoms with Gasteiger partial charge >= 0.3 is 12.0 Å². The summed E-state index contributed by atoms with van der Waals surface area (Å²) < 4.78 is 0.777. The SMILES string of the molecule is CC1(C(=O)O)CCCN1C(=O)Nc1cc(Br)ccc1Cl. The number of likely N-dealkylation sites (tertiary alicyclic amines) is 1. The summed E-state index contributed by atoms with van der Waals surface area (Å²) in [6.45, 7) is 1.98. The molecule has 2 amide bonds. The highest BCUT2D eigenvalue weighted by Crippen LogP contribution is 2.31. The highest BCUT2D eigenvalue weighted by Gasteiger charge is 2.46. The van der Waals surface area contributed by atoms with Gasteiger partial charge in [-0.15, -0.1) is 0 Å². The molecular formula is C13H14BrClN2O3. The van der Waals surface area contributed by atoms with E-state index in [1.54, 1.807) is 25.1 Å². The van der Waals surface area contributed by atoms with Gasteiger partial charge in [-0.1, -0.05) is 27.5 Å². The fraction of sp³-hybridized carbons (Fsp3) is 0.385. The molecule has 2 rings (SSSR count). The van der Waals surface area contributed by atoms with Gasteiger partial charge in [0.25, 0.3) is 0 Å². The maximum atomic E-state index is 12.3. The van der Waals surface area contributed by atoms with Crippen LogP contribution < -0.4 is 5.32 Å². The number of nitrogens with one attached hydrogen (secondary N) is 1. The summed E-state index contributed by atoms with van der Waals surface area (Å²) >= 11 is 9.31. The molecular weight excluding hydrogens is 348 g/mol. The molecule has 7 heteroatoms. The van der Waals surface area contributed by atoms with Gasteiger partial charge in [-0.3, -0.25) is 0 Å². The van der Waals surface area contributed by atoms with Crippen molar-refractivity contribution in [1.82, 2.24) is 4.90 Å². The predicted molar refractivity (Wildman–Crippen MR) is 80.2 cm³/mol. The van der Waals surface area contributed by atoms with Crippen LogP contribution in [0.2, 0.25) is 5.02 Å². The van der Waals surface area contributed by atoms with Gasteiger partial charge in [0, 0.05) is 11.0 Å². The van der Waals surface area contributed by atoms with Crippen molar-refractivity contribution in [2.24, 2.45) is 0 Å².